The molecule has 1 N–H and O–H groups in total. The molecule has 5 nitrogen and oxygen atoms in total. The van der Waals surface area contributed by atoms with Crippen LogP contribution in [0.2, 0.25) is 0 Å². The van der Waals surface area contributed by atoms with Gasteiger partial charge in [-0.3, -0.25) is 9.36 Å². The van der Waals surface area contributed by atoms with Crippen LogP contribution in [0.1, 0.15) is 39.6 Å². The summed E-state index contributed by atoms with van der Waals surface area (Å²) in [5.74, 6) is 1.13. The molecule has 0 saturated carbocycles. The van der Waals surface area contributed by atoms with Crippen LogP contribution in [0.4, 0.5) is 0 Å². The third-order valence-electron chi connectivity index (χ3n) is 7.38. The summed E-state index contributed by atoms with van der Waals surface area (Å²) in [6.07, 6.45) is 9.70. The second kappa shape index (κ2) is 7.84. The molecule has 1 aliphatic rings. The molecule has 3 aromatic heterocycles. The number of benzene rings is 3. The number of furan rings is 1. The Balaban J connectivity index is 1.24. The fourth-order valence-corrected chi connectivity index (χ4v) is 5.71. The SMILES string of the molecule is O=C(c1occc1[C@@H]1CCc2c(ccc3c2ccc2ccccc23)C1)n1cccc1-c1ncc[nH]1. The fraction of sp³-hybridized carbons (Fsp3) is 0.133. The van der Waals surface area contributed by atoms with Crippen molar-refractivity contribution in [3.63, 3.8) is 0 Å². The number of aromatic amines is 1. The molecule has 0 aliphatic heterocycles. The van der Waals surface area contributed by atoms with Gasteiger partial charge in [0.1, 0.15) is 0 Å². The van der Waals surface area contributed by atoms with Gasteiger partial charge in [-0.25, -0.2) is 4.98 Å². The van der Waals surface area contributed by atoms with Gasteiger partial charge in [0.15, 0.2) is 11.6 Å². The molecule has 0 radical (unpaired) electrons. The quantitative estimate of drug-likeness (QED) is 0.299. The van der Waals surface area contributed by atoms with Crippen molar-refractivity contribution in [1.82, 2.24) is 14.5 Å². The first-order valence-corrected chi connectivity index (χ1v) is 12.0. The van der Waals surface area contributed by atoms with Gasteiger partial charge in [-0.05, 0) is 76.1 Å². The van der Waals surface area contributed by atoms with Crippen LogP contribution in [0.25, 0.3) is 33.1 Å². The minimum Gasteiger partial charge on any atom is -0.459 e. The lowest BCUT2D eigenvalue weighted by Crippen LogP contribution is -2.18. The number of fused-ring (bicyclic) bond motifs is 5. The summed E-state index contributed by atoms with van der Waals surface area (Å²) in [5.41, 5.74) is 4.50. The van der Waals surface area contributed by atoms with E-state index < -0.39 is 0 Å². The number of hydrogen-bond donors (Lipinski definition) is 1. The number of aryl methyl sites for hydroxylation is 1. The van der Waals surface area contributed by atoms with E-state index in [-0.39, 0.29) is 11.8 Å². The summed E-state index contributed by atoms with van der Waals surface area (Å²) in [6.45, 7) is 0. The van der Waals surface area contributed by atoms with E-state index in [9.17, 15) is 4.79 Å². The lowest BCUT2D eigenvalue weighted by molar-refractivity contribution is 0.0932. The van der Waals surface area contributed by atoms with Crippen LogP contribution in [0.5, 0.6) is 0 Å². The fourth-order valence-electron chi connectivity index (χ4n) is 5.71. The summed E-state index contributed by atoms with van der Waals surface area (Å²) < 4.78 is 7.39. The summed E-state index contributed by atoms with van der Waals surface area (Å²) in [4.78, 5) is 20.9. The van der Waals surface area contributed by atoms with Crippen LogP contribution in [-0.4, -0.2) is 20.4 Å². The molecule has 35 heavy (non-hydrogen) atoms. The summed E-state index contributed by atoms with van der Waals surface area (Å²) in [5, 5.41) is 5.24. The Bertz CT molecular complexity index is 1700. The highest BCUT2D eigenvalue weighted by Gasteiger charge is 2.29. The molecule has 3 heterocycles. The van der Waals surface area contributed by atoms with Gasteiger partial charge in [0.05, 0.1) is 12.0 Å². The van der Waals surface area contributed by atoms with Crippen molar-refractivity contribution in [2.24, 2.45) is 0 Å². The molecule has 1 aliphatic carbocycles. The zero-order valence-electron chi connectivity index (χ0n) is 19.1. The van der Waals surface area contributed by atoms with Crippen LogP contribution in [0.3, 0.4) is 0 Å². The van der Waals surface area contributed by atoms with E-state index in [2.05, 4.69) is 58.5 Å². The molecule has 7 rings (SSSR count). The van der Waals surface area contributed by atoms with E-state index in [0.717, 1.165) is 30.5 Å². The lowest BCUT2D eigenvalue weighted by Gasteiger charge is -2.26. The van der Waals surface area contributed by atoms with Gasteiger partial charge in [0, 0.05) is 24.2 Å². The van der Waals surface area contributed by atoms with Crippen molar-refractivity contribution in [1.29, 1.82) is 0 Å². The van der Waals surface area contributed by atoms with Crippen molar-refractivity contribution in [2.45, 2.75) is 25.2 Å². The van der Waals surface area contributed by atoms with Crippen LogP contribution in [0, 0.1) is 0 Å². The second-order valence-electron chi connectivity index (χ2n) is 9.24. The predicted octanol–water partition coefficient (Wildman–Crippen LogP) is 6.74. The van der Waals surface area contributed by atoms with Crippen molar-refractivity contribution >= 4 is 27.5 Å². The third-order valence-corrected chi connectivity index (χ3v) is 7.38. The lowest BCUT2D eigenvalue weighted by atomic mass is 9.78. The van der Waals surface area contributed by atoms with Crippen molar-refractivity contribution in [3.8, 4) is 11.5 Å². The molecular formula is C30H23N3O2. The minimum atomic E-state index is -0.169. The van der Waals surface area contributed by atoms with Gasteiger partial charge < -0.3 is 9.40 Å². The highest BCUT2D eigenvalue weighted by atomic mass is 16.3. The molecule has 0 unspecified atom stereocenters. The number of carbonyl (C=O) groups excluding carboxylic acids is 1. The number of aromatic nitrogens is 3. The van der Waals surface area contributed by atoms with E-state index in [0.29, 0.717) is 11.6 Å². The Hall–Kier alpha value is -4.38. The summed E-state index contributed by atoms with van der Waals surface area (Å²) in [7, 11) is 0. The van der Waals surface area contributed by atoms with Gasteiger partial charge in [-0.15, -0.1) is 0 Å². The maximum atomic E-state index is 13.5. The number of hydrogen-bond acceptors (Lipinski definition) is 3. The number of nitrogens with zero attached hydrogens (tertiary/aromatic N) is 2. The van der Waals surface area contributed by atoms with E-state index in [1.54, 1.807) is 29.4 Å². The topological polar surface area (TPSA) is 63.8 Å². The first kappa shape index (κ1) is 20.0. The van der Waals surface area contributed by atoms with Crippen LogP contribution < -0.4 is 0 Å². The summed E-state index contributed by atoms with van der Waals surface area (Å²) in [6, 6.07) is 23.3. The van der Waals surface area contributed by atoms with Crippen LogP contribution in [0.15, 0.2) is 96.0 Å². The van der Waals surface area contributed by atoms with E-state index in [1.165, 1.54) is 32.7 Å². The first-order valence-electron chi connectivity index (χ1n) is 12.0. The van der Waals surface area contributed by atoms with Crippen molar-refractivity contribution in [2.75, 3.05) is 0 Å². The highest BCUT2D eigenvalue weighted by Crippen LogP contribution is 2.39. The van der Waals surface area contributed by atoms with Crippen molar-refractivity contribution in [3.05, 3.63) is 114 Å². The van der Waals surface area contributed by atoms with Crippen molar-refractivity contribution < 1.29 is 9.21 Å². The molecule has 0 amide bonds. The molecule has 0 bridgehead atoms. The average Bonchev–Trinajstić information content (AvgIpc) is 3.68. The molecule has 170 valence electrons. The number of carbonyl (C=O) groups is 1. The number of H-pyrrole nitrogens is 1. The Labute approximate surface area is 202 Å². The van der Waals surface area contributed by atoms with Gasteiger partial charge in [-0.2, -0.15) is 0 Å². The smallest absolute Gasteiger partial charge is 0.298 e. The average molecular weight is 458 g/mol. The highest BCUT2D eigenvalue weighted by molar-refractivity contribution is 6.08. The Morgan fingerprint density at radius 3 is 2.80 bits per heavy atom. The molecule has 1 atom stereocenters. The zero-order valence-corrected chi connectivity index (χ0v) is 19.1. The first-order chi connectivity index (χ1) is 17.3. The van der Waals surface area contributed by atoms with Gasteiger partial charge in [0.2, 0.25) is 0 Å². The van der Waals surface area contributed by atoms with E-state index in [1.807, 2.05) is 18.2 Å². The predicted molar refractivity (Wildman–Crippen MR) is 137 cm³/mol. The molecule has 3 aromatic carbocycles. The van der Waals surface area contributed by atoms with E-state index >= 15 is 0 Å². The minimum absolute atomic E-state index is 0.169. The maximum Gasteiger partial charge on any atom is 0.298 e. The monoisotopic (exact) mass is 457 g/mol. The van der Waals surface area contributed by atoms with Gasteiger partial charge >= 0.3 is 0 Å². The second-order valence-corrected chi connectivity index (χ2v) is 9.24. The van der Waals surface area contributed by atoms with Gasteiger partial charge in [0.25, 0.3) is 5.91 Å². The van der Waals surface area contributed by atoms with Crippen LogP contribution in [-0.2, 0) is 12.8 Å². The zero-order chi connectivity index (χ0) is 23.4. The molecule has 6 aromatic rings. The van der Waals surface area contributed by atoms with Gasteiger partial charge in [-0.1, -0.05) is 48.5 Å². The third kappa shape index (κ3) is 3.16. The molecule has 0 spiro atoms. The Kier molecular flexibility index (Phi) is 4.49. The molecule has 0 saturated heterocycles. The normalized spacial score (nSPS) is 15.5. The molecule has 0 fully saturated rings. The molecule has 5 heteroatoms. The van der Waals surface area contributed by atoms with Crippen LogP contribution >= 0.6 is 0 Å². The Morgan fingerprint density at radius 2 is 1.89 bits per heavy atom. The largest absolute Gasteiger partial charge is 0.459 e. The Morgan fingerprint density at radius 1 is 0.971 bits per heavy atom. The van der Waals surface area contributed by atoms with E-state index in [4.69, 9.17) is 4.42 Å². The standard InChI is InChI=1S/C30H23N3O2/c34-30(33-16-3-6-27(33)29-31-14-15-32-29)28-24(13-17-35-28)21-8-10-23-20(18-21)9-12-25-22-5-2-1-4-19(22)7-11-26(23)25/h1-7,9,11-17,21H,8,10,18H2,(H,31,32)/t21-/m1/s1. The number of imidazole rings is 1. The molecular weight excluding hydrogens is 434 g/mol. The number of nitrogens with one attached hydrogen (secondary N) is 1. The number of rotatable bonds is 3. The maximum absolute atomic E-state index is 13.5. The summed E-state index contributed by atoms with van der Waals surface area (Å²) >= 11 is 0.